The monoisotopic (exact) mass is 476 g/mol. The highest BCUT2D eigenvalue weighted by Crippen LogP contribution is 2.38. The van der Waals surface area contributed by atoms with Crippen LogP contribution in [0.15, 0.2) is 65.3 Å². The lowest BCUT2D eigenvalue weighted by Crippen LogP contribution is -2.07. The Kier molecular flexibility index (Phi) is 6.13. The van der Waals surface area contributed by atoms with Crippen LogP contribution in [0.4, 0.5) is 5.95 Å². The molecule has 174 valence electrons. The Morgan fingerprint density at radius 1 is 1.00 bits per heavy atom. The number of aromatic nitrogens is 5. The zero-order valence-electron chi connectivity index (χ0n) is 19.1. The second-order valence-corrected chi connectivity index (χ2v) is 8.38. The molecule has 0 amide bonds. The van der Waals surface area contributed by atoms with Crippen molar-refractivity contribution in [2.24, 2.45) is 0 Å². The number of aryl methyl sites for hydroxylation is 2. The summed E-state index contributed by atoms with van der Waals surface area (Å²) in [5.74, 6) is 4.53. The summed E-state index contributed by atoms with van der Waals surface area (Å²) in [5.41, 5.74) is 2.81. The second kappa shape index (κ2) is 9.52. The maximum absolute atomic E-state index is 5.86. The van der Waals surface area contributed by atoms with E-state index in [0.29, 0.717) is 34.7 Å². The zero-order chi connectivity index (χ0) is 23.5. The number of benzene rings is 1. The Bertz CT molecular complexity index is 1400. The average Bonchev–Trinajstić information content (AvgIpc) is 3.60. The van der Waals surface area contributed by atoms with Crippen molar-refractivity contribution in [3.05, 3.63) is 72.4 Å². The molecular weight excluding hydrogens is 452 g/mol. The topological polar surface area (TPSA) is 91.6 Å². The Morgan fingerprint density at radius 3 is 2.53 bits per heavy atom. The van der Waals surface area contributed by atoms with E-state index in [9.17, 15) is 0 Å². The van der Waals surface area contributed by atoms with Crippen LogP contribution in [0.2, 0.25) is 0 Å². The molecule has 5 rings (SSSR count). The van der Waals surface area contributed by atoms with Crippen LogP contribution in [0.25, 0.3) is 22.9 Å². The van der Waals surface area contributed by atoms with Crippen LogP contribution in [0.5, 0.6) is 11.5 Å². The quantitative estimate of drug-likeness (QED) is 0.240. The molecule has 10 heteroatoms. The number of methoxy groups -OCH3 is 2. The van der Waals surface area contributed by atoms with Gasteiger partial charge in [0.2, 0.25) is 11.8 Å². The number of hydrogen-bond acceptors (Lipinski definition) is 8. The largest absolute Gasteiger partial charge is 0.494 e. The van der Waals surface area contributed by atoms with Crippen molar-refractivity contribution in [3.8, 4) is 28.8 Å². The van der Waals surface area contributed by atoms with Crippen molar-refractivity contribution in [1.29, 1.82) is 0 Å². The van der Waals surface area contributed by atoms with Gasteiger partial charge in [0.1, 0.15) is 28.6 Å². The van der Waals surface area contributed by atoms with Crippen molar-refractivity contribution in [2.75, 3.05) is 24.7 Å². The third-order valence-electron chi connectivity index (χ3n) is 5.39. The summed E-state index contributed by atoms with van der Waals surface area (Å²) in [6.45, 7) is 1.89. The first-order chi connectivity index (χ1) is 16.7. The first kappa shape index (κ1) is 21.9. The summed E-state index contributed by atoms with van der Waals surface area (Å²) >= 11 is 1.54. The van der Waals surface area contributed by atoms with Gasteiger partial charge in [-0.25, -0.2) is 4.98 Å². The summed E-state index contributed by atoms with van der Waals surface area (Å²) in [4.78, 5) is 4.35. The van der Waals surface area contributed by atoms with Crippen LogP contribution in [0.1, 0.15) is 11.5 Å². The van der Waals surface area contributed by atoms with Gasteiger partial charge in [-0.2, -0.15) is 0 Å². The van der Waals surface area contributed by atoms with Crippen LogP contribution in [-0.4, -0.2) is 44.1 Å². The van der Waals surface area contributed by atoms with Gasteiger partial charge in [0.25, 0.3) is 0 Å². The van der Waals surface area contributed by atoms with Gasteiger partial charge in [0.15, 0.2) is 5.76 Å². The molecule has 4 heterocycles. The lowest BCUT2D eigenvalue weighted by Gasteiger charge is -2.17. The number of para-hydroxylation sites is 1. The highest BCUT2D eigenvalue weighted by Gasteiger charge is 2.24. The molecule has 0 aliphatic rings. The summed E-state index contributed by atoms with van der Waals surface area (Å²) in [6, 6.07) is 15.5. The molecule has 0 bridgehead atoms. The summed E-state index contributed by atoms with van der Waals surface area (Å²) in [6.07, 6.45) is 4.64. The molecule has 1 aromatic carbocycles. The van der Waals surface area contributed by atoms with Crippen molar-refractivity contribution in [2.45, 2.75) is 13.3 Å². The Hall–Kier alpha value is -3.92. The number of furan rings is 1. The molecule has 0 saturated carbocycles. The molecule has 0 aliphatic carbocycles. The van der Waals surface area contributed by atoms with Crippen LogP contribution in [0, 0.1) is 6.92 Å². The van der Waals surface area contributed by atoms with E-state index >= 15 is 0 Å². The van der Waals surface area contributed by atoms with Crippen LogP contribution in [0.3, 0.4) is 0 Å². The number of pyridine rings is 1. The molecule has 0 saturated heterocycles. The molecule has 0 radical (unpaired) electrons. The third-order valence-corrected chi connectivity index (χ3v) is 6.12. The van der Waals surface area contributed by atoms with Crippen molar-refractivity contribution in [3.63, 3.8) is 0 Å². The Balaban J connectivity index is 1.45. The van der Waals surface area contributed by atoms with Crippen molar-refractivity contribution >= 4 is 23.5 Å². The molecule has 34 heavy (non-hydrogen) atoms. The zero-order valence-corrected chi connectivity index (χ0v) is 19.9. The summed E-state index contributed by atoms with van der Waals surface area (Å²) in [7, 11) is 3.25. The standard InChI is InChI=1S/C24H24N6O3S/c1-16-10-11-20(33-16)23-26-27-24(30(23)22-18(31-2)7-5-8-19(22)32-3)28-34-15-12-17-6-4-9-21-25-13-14-29(17)21/h4-11,13-14H,12,15H2,1-3H3,(H,27,28). The van der Waals surface area contributed by atoms with E-state index in [1.807, 2.05) is 66.3 Å². The van der Waals surface area contributed by atoms with Crippen LogP contribution >= 0.6 is 11.9 Å². The van der Waals surface area contributed by atoms with E-state index in [1.165, 1.54) is 5.69 Å². The van der Waals surface area contributed by atoms with Crippen molar-refractivity contribution < 1.29 is 13.9 Å². The first-order valence-corrected chi connectivity index (χ1v) is 11.7. The molecule has 1 N–H and O–H groups in total. The van der Waals surface area contributed by atoms with Crippen LogP contribution in [-0.2, 0) is 6.42 Å². The SMILES string of the molecule is COc1cccc(OC)c1-n1c(NSCCc2cccc3nccn23)nnc1-c1ccc(C)o1. The van der Waals surface area contributed by atoms with Gasteiger partial charge in [-0.1, -0.05) is 12.1 Å². The van der Waals surface area contributed by atoms with Gasteiger partial charge in [-0.05, 0) is 61.7 Å². The number of anilines is 1. The molecule has 0 aliphatic heterocycles. The Labute approximate surface area is 200 Å². The predicted molar refractivity (Wildman–Crippen MR) is 132 cm³/mol. The summed E-state index contributed by atoms with van der Waals surface area (Å²) < 4.78 is 24.5. The minimum Gasteiger partial charge on any atom is -0.494 e. The lowest BCUT2D eigenvalue weighted by molar-refractivity contribution is 0.391. The van der Waals surface area contributed by atoms with Gasteiger partial charge in [-0.3, -0.25) is 9.29 Å². The molecule has 0 atom stereocenters. The number of rotatable bonds is 9. The fourth-order valence-corrected chi connectivity index (χ4v) is 4.48. The summed E-state index contributed by atoms with van der Waals surface area (Å²) in [5, 5.41) is 8.83. The molecule has 4 aromatic heterocycles. The van der Waals surface area contributed by atoms with Crippen LogP contribution < -0.4 is 14.2 Å². The lowest BCUT2D eigenvalue weighted by atomic mass is 10.2. The van der Waals surface area contributed by atoms with Gasteiger partial charge in [0.05, 0.1) is 14.2 Å². The normalized spacial score (nSPS) is 11.1. The van der Waals surface area contributed by atoms with E-state index in [2.05, 4.69) is 30.4 Å². The van der Waals surface area contributed by atoms with Gasteiger partial charge >= 0.3 is 0 Å². The fraction of sp³-hybridized carbons (Fsp3) is 0.208. The molecule has 0 spiro atoms. The fourth-order valence-electron chi connectivity index (χ4n) is 3.81. The van der Waals surface area contributed by atoms with E-state index < -0.39 is 0 Å². The molecule has 0 unspecified atom stereocenters. The number of fused-ring (bicyclic) bond motifs is 1. The van der Waals surface area contributed by atoms with E-state index in [1.54, 1.807) is 26.2 Å². The maximum atomic E-state index is 5.86. The number of ether oxygens (including phenoxy) is 2. The van der Waals surface area contributed by atoms with Crippen molar-refractivity contribution in [1.82, 2.24) is 24.1 Å². The first-order valence-electron chi connectivity index (χ1n) is 10.7. The van der Waals surface area contributed by atoms with Gasteiger partial charge in [-0.15, -0.1) is 10.2 Å². The minimum absolute atomic E-state index is 0.540. The predicted octanol–water partition coefficient (Wildman–Crippen LogP) is 4.80. The molecule has 0 fully saturated rings. The van der Waals surface area contributed by atoms with E-state index in [-0.39, 0.29) is 0 Å². The number of nitrogens with zero attached hydrogens (tertiary/aromatic N) is 5. The third kappa shape index (κ3) is 4.08. The molecule has 5 aromatic rings. The number of imidazole rings is 1. The van der Waals surface area contributed by atoms with Gasteiger partial charge in [0, 0.05) is 23.8 Å². The second-order valence-electron chi connectivity index (χ2n) is 7.48. The maximum Gasteiger partial charge on any atom is 0.239 e. The van der Waals surface area contributed by atoms with Gasteiger partial charge < -0.3 is 18.3 Å². The Morgan fingerprint density at radius 2 is 1.79 bits per heavy atom. The minimum atomic E-state index is 0.540. The number of nitrogens with one attached hydrogen (secondary N) is 1. The molecule has 9 nitrogen and oxygen atoms in total. The van der Waals surface area contributed by atoms with E-state index in [4.69, 9.17) is 13.9 Å². The number of hydrogen-bond donors (Lipinski definition) is 1. The highest BCUT2D eigenvalue weighted by atomic mass is 32.2. The van der Waals surface area contributed by atoms with E-state index in [0.717, 1.165) is 23.6 Å². The average molecular weight is 477 g/mol. The highest BCUT2D eigenvalue weighted by molar-refractivity contribution is 8.00. The smallest absolute Gasteiger partial charge is 0.239 e. The molecular formula is C24H24N6O3S.